The van der Waals surface area contributed by atoms with Crippen LogP contribution < -0.4 is 0 Å². The van der Waals surface area contributed by atoms with Crippen LogP contribution in [0, 0.1) is 5.82 Å². The van der Waals surface area contributed by atoms with Gasteiger partial charge in [-0.15, -0.1) is 0 Å². The molecule has 1 fully saturated rings. The number of imide groups is 1. The Hall–Kier alpha value is -2.25. The summed E-state index contributed by atoms with van der Waals surface area (Å²) in [5.41, 5.74) is 1.08. The van der Waals surface area contributed by atoms with Crippen LogP contribution in [-0.2, 0) is 11.3 Å². The van der Waals surface area contributed by atoms with Gasteiger partial charge in [0.05, 0.1) is 16.5 Å². The summed E-state index contributed by atoms with van der Waals surface area (Å²) in [7, 11) is 0. The van der Waals surface area contributed by atoms with E-state index in [0.717, 1.165) is 16.7 Å². The van der Waals surface area contributed by atoms with E-state index in [0.29, 0.717) is 32.7 Å². The molecule has 0 N–H and O–H groups in total. The molecule has 1 aromatic heterocycles. The molecule has 152 valence electrons. The Bertz CT molecular complexity index is 1190. The Kier molecular flexibility index (Phi) is 5.93. The van der Waals surface area contributed by atoms with E-state index in [-0.39, 0.29) is 16.5 Å². The first-order chi connectivity index (χ1) is 14.3. The molecule has 1 aliphatic heterocycles. The second-order valence-corrected chi connectivity index (χ2v) is 8.51. The van der Waals surface area contributed by atoms with E-state index in [1.165, 1.54) is 24.3 Å². The summed E-state index contributed by atoms with van der Waals surface area (Å²) in [6.45, 7) is -0.0298. The van der Waals surface area contributed by atoms with E-state index < -0.39 is 17.0 Å². The van der Waals surface area contributed by atoms with Crippen molar-refractivity contribution in [2.45, 2.75) is 6.54 Å². The highest BCUT2D eigenvalue weighted by molar-refractivity contribution is 8.18. The first-order valence-corrected chi connectivity index (χ1v) is 10.5. The van der Waals surface area contributed by atoms with Gasteiger partial charge in [-0.1, -0.05) is 40.9 Å². The minimum Gasteiger partial charge on any atom is -0.457 e. The molecular weight excluding hydrogens is 472 g/mol. The molecule has 3 aromatic rings. The molecule has 1 aliphatic rings. The molecule has 0 atom stereocenters. The van der Waals surface area contributed by atoms with E-state index in [1.807, 2.05) is 0 Å². The Labute approximate surface area is 190 Å². The molecule has 2 aromatic carbocycles. The van der Waals surface area contributed by atoms with Crippen LogP contribution >= 0.6 is 46.6 Å². The Morgan fingerprint density at radius 2 is 1.73 bits per heavy atom. The number of furan rings is 1. The van der Waals surface area contributed by atoms with E-state index in [2.05, 4.69) is 0 Å². The van der Waals surface area contributed by atoms with Gasteiger partial charge in [-0.25, -0.2) is 4.39 Å². The molecule has 0 unspecified atom stereocenters. The first-order valence-electron chi connectivity index (χ1n) is 8.57. The molecule has 2 amide bonds. The monoisotopic (exact) mass is 481 g/mol. The van der Waals surface area contributed by atoms with Crippen LogP contribution in [0.15, 0.2) is 57.9 Å². The van der Waals surface area contributed by atoms with Gasteiger partial charge in [0.2, 0.25) is 0 Å². The third-order valence-electron chi connectivity index (χ3n) is 4.36. The van der Waals surface area contributed by atoms with Crippen LogP contribution in [-0.4, -0.2) is 16.0 Å². The molecule has 4 rings (SSSR count). The lowest BCUT2D eigenvalue weighted by Gasteiger charge is -2.14. The van der Waals surface area contributed by atoms with Gasteiger partial charge in [0.1, 0.15) is 17.3 Å². The predicted molar refractivity (Wildman–Crippen MR) is 117 cm³/mol. The lowest BCUT2D eigenvalue weighted by atomic mass is 10.2. The van der Waals surface area contributed by atoms with Crippen molar-refractivity contribution in [1.82, 2.24) is 4.90 Å². The van der Waals surface area contributed by atoms with Crippen molar-refractivity contribution in [1.29, 1.82) is 0 Å². The Morgan fingerprint density at radius 1 is 1.00 bits per heavy atom. The van der Waals surface area contributed by atoms with Gasteiger partial charge in [0.25, 0.3) is 11.1 Å². The topological polar surface area (TPSA) is 50.5 Å². The van der Waals surface area contributed by atoms with Gasteiger partial charge in [0, 0.05) is 27.2 Å². The van der Waals surface area contributed by atoms with Gasteiger partial charge in [-0.05, 0) is 54.2 Å². The van der Waals surface area contributed by atoms with Crippen molar-refractivity contribution >= 4 is 63.8 Å². The van der Waals surface area contributed by atoms with Crippen LogP contribution in [0.5, 0.6) is 0 Å². The molecule has 2 heterocycles. The predicted octanol–water partition coefficient (Wildman–Crippen LogP) is 7.28. The van der Waals surface area contributed by atoms with Crippen molar-refractivity contribution in [3.05, 3.63) is 85.6 Å². The molecule has 9 heteroatoms. The number of rotatable bonds is 4. The van der Waals surface area contributed by atoms with Crippen molar-refractivity contribution in [3.63, 3.8) is 0 Å². The van der Waals surface area contributed by atoms with Crippen molar-refractivity contribution in [2.75, 3.05) is 0 Å². The molecule has 0 saturated carbocycles. The van der Waals surface area contributed by atoms with Gasteiger partial charge < -0.3 is 4.42 Å². The molecule has 0 radical (unpaired) electrons. The number of thioether (sulfide) groups is 1. The third-order valence-corrected chi connectivity index (χ3v) is 6.26. The summed E-state index contributed by atoms with van der Waals surface area (Å²) in [4.78, 5) is 26.4. The summed E-state index contributed by atoms with van der Waals surface area (Å²) >= 11 is 18.9. The molecule has 0 spiro atoms. The maximum Gasteiger partial charge on any atom is 0.293 e. The lowest BCUT2D eigenvalue weighted by molar-refractivity contribution is -0.123. The summed E-state index contributed by atoms with van der Waals surface area (Å²) < 4.78 is 19.1. The maximum atomic E-state index is 13.3. The fourth-order valence-electron chi connectivity index (χ4n) is 2.84. The third kappa shape index (κ3) is 4.14. The quantitative estimate of drug-likeness (QED) is 0.367. The number of amides is 2. The second kappa shape index (κ2) is 8.47. The molecule has 1 saturated heterocycles. The van der Waals surface area contributed by atoms with Gasteiger partial charge in [-0.3, -0.25) is 14.5 Å². The normalized spacial score (nSPS) is 15.5. The van der Waals surface area contributed by atoms with Crippen molar-refractivity contribution in [3.8, 4) is 11.3 Å². The van der Waals surface area contributed by atoms with Gasteiger partial charge in [0.15, 0.2) is 0 Å². The maximum absolute atomic E-state index is 13.3. The zero-order chi connectivity index (χ0) is 21.4. The number of benzene rings is 2. The van der Waals surface area contributed by atoms with Crippen molar-refractivity contribution in [2.24, 2.45) is 0 Å². The van der Waals surface area contributed by atoms with Crippen LogP contribution in [0.2, 0.25) is 15.1 Å². The number of halogens is 4. The number of hydrogen-bond donors (Lipinski definition) is 0. The highest BCUT2D eigenvalue weighted by Gasteiger charge is 2.36. The minimum absolute atomic E-state index is 0.0233. The zero-order valence-electron chi connectivity index (χ0n) is 15.0. The average molecular weight is 483 g/mol. The first kappa shape index (κ1) is 21.0. The van der Waals surface area contributed by atoms with Gasteiger partial charge >= 0.3 is 0 Å². The average Bonchev–Trinajstić information content (AvgIpc) is 3.27. The second-order valence-electron chi connectivity index (χ2n) is 6.30. The summed E-state index contributed by atoms with van der Waals surface area (Å²) in [5.74, 6) is -0.180. The van der Waals surface area contributed by atoms with Crippen molar-refractivity contribution < 1.29 is 18.4 Å². The number of nitrogens with zero attached hydrogens (tertiary/aromatic N) is 1. The zero-order valence-corrected chi connectivity index (χ0v) is 18.1. The van der Waals surface area contributed by atoms with E-state index in [1.54, 1.807) is 30.3 Å². The molecule has 0 bridgehead atoms. The molecule has 4 nitrogen and oxygen atoms in total. The fraction of sp³-hybridized carbons (Fsp3) is 0.0476. The standard InChI is InChI=1S/C21H11Cl3FNO3S/c22-14-2-1-3-15(23)13(14)10-26-20(27)19(30-21(26)28)9-12-5-7-18(29-12)11-4-6-17(25)16(24)8-11/h1-9H,10H2/b19-9-. The van der Waals surface area contributed by atoms with Crippen LogP contribution in [0.25, 0.3) is 17.4 Å². The largest absolute Gasteiger partial charge is 0.457 e. The summed E-state index contributed by atoms with van der Waals surface area (Å²) in [5, 5.41) is 0.294. The van der Waals surface area contributed by atoms with E-state index in [4.69, 9.17) is 39.2 Å². The summed E-state index contributed by atoms with van der Waals surface area (Å²) in [6, 6.07) is 12.5. The fourth-order valence-corrected chi connectivity index (χ4v) is 4.36. The highest BCUT2D eigenvalue weighted by atomic mass is 35.5. The summed E-state index contributed by atoms with van der Waals surface area (Å²) in [6.07, 6.45) is 1.48. The smallest absolute Gasteiger partial charge is 0.293 e. The number of carbonyl (C=O) groups is 2. The van der Waals surface area contributed by atoms with E-state index >= 15 is 0 Å². The lowest BCUT2D eigenvalue weighted by Crippen LogP contribution is -2.27. The van der Waals surface area contributed by atoms with Gasteiger partial charge in [-0.2, -0.15) is 0 Å². The van der Waals surface area contributed by atoms with E-state index in [9.17, 15) is 14.0 Å². The Morgan fingerprint density at radius 3 is 2.43 bits per heavy atom. The molecule has 30 heavy (non-hydrogen) atoms. The number of hydrogen-bond acceptors (Lipinski definition) is 4. The molecular formula is C21H11Cl3FNO3S. The minimum atomic E-state index is -0.528. The van der Waals surface area contributed by atoms with Crippen LogP contribution in [0.3, 0.4) is 0 Å². The van der Waals surface area contributed by atoms with Crippen LogP contribution in [0.4, 0.5) is 9.18 Å². The number of carbonyl (C=O) groups excluding carboxylic acids is 2. The highest BCUT2D eigenvalue weighted by Crippen LogP contribution is 2.36. The Balaban J connectivity index is 1.57. The van der Waals surface area contributed by atoms with Crippen LogP contribution in [0.1, 0.15) is 11.3 Å². The SMILES string of the molecule is O=C1S/C(=C\c2ccc(-c3ccc(F)c(Cl)c3)o2)C(=O)N1Cc1c(Cl)cccc1Cl. The molecule has 0 aliphatic carbocycles.